The van der Waals surface area contributed by atoms with E-state index in [9.17, 15) is 9.59 Å². The van der Waals surface area contributed by atoms with E-state index in [1.807, 2.05) is 50.7 Å². The average Bonchev–Trinajstić information content (AvgIpc) is 2.76. The average molecular weight is 426 g/mol. The van der Waals surface area contributed by atoms with Crippen LogP contribution in [0.2, 0.25) is 0 Å². The Labute approximate surface area is 183 Å². The summed E-state index contributed by atoms with van der Waals surface area (Å²) in [5.74, 6) is 1.93. The standard InChI is InChI=1S/C24H31N3O2S/c1-17(2)22(26-23(28)20-6-4-5-18(3)15-20)24(29)25-16-19-7-9-21(10-8-19)27-11-13-30-14-12-27/h4-10,15,17,22H,11-14,16H2,1-3H3,(H,25,29)(H,26,28). The van der Waals surface area contributed by atoms with E-state index < -0.39 is 6.04 Å². The number of thioether (sulfide) groups is 1. The number of hydrogen-bond donors (Lipinski definition) is 2. The first-order chi connectivity index (χ1) is 14.4. The molecule has 1 saturated heterocycles. The van der Waals surface area contributed by atoms with Crippen molar-refractivity contribution in [3.05, 3.63) is 65.2 Å². The molecule has 1 unspecified atom stereocenters. The minimum absolute atomic E-state index is 0.0156. The Morgan fingerprint density at radius 3 is 2.40 bits per heavy atom. The van der Waals surface area contributed by atoms with Crippen molar-refractivity contribution in [1.29, 1.82) is 0 Å². The highest BCUT2D eigenvalue weighted by atomic mass is 32.2. The Morgan fingerprint density at radius 2 is 1.77 bits per heavy atom. The van der Waals surface area contributed by atoms with Gasteiger partial charge in [-0.1, -0.05) is 43.7 Å². The molecular formula is C24H31N3O2S. The number of carbonyl (C=O) groups excluding carboxylic acids is 2. The molecule has 1 heterocycles. The van der Waals surface area contributed by atoms with Crippen molar-refractivity contribution < 1.29 is 9.59 Å². The van der Waals surface area contributed by atoms with E-state index in [1.54, 1.807) is 6.07 Å². The lowest BCUT2D eigenvalue weighted by Gasteiger charge is -2.28. The van der Waals surface area contributed by atoms with Crippen LogP contribution in [0.25, 0.3) is 0 Å². The van der Waals surface area contributed by atoms with Gasteiger partial charge in [0.1, 0.15) is 6.04 Å². The second-order valence-corrected chi connectivity index (χ2v) is 9.27. The van der Waals surface area contributed by atoms with Crippen LogP contribution in [0.3, 0.4) is 0 Å². The van der Waals surface area contributed by atoms with E-state index in [0.717, 1.165) is 24.2 Å². The Kier molecular flexibility index (Phi) is 7.80. The summed E-state index contributed by atoms with van der Waals surface area (Å²) in [4.78, 5) is 27.7. The van der Waals surface area contributed by atoms with Gasteiger partial charge in [-0.25, -0.2) is 0 Å². The molecule has 0 saturated carbocycles. The largest absolute Gasteiger partial charge is 0.370 e. The Balaban J connectivity index is 1.56. The molecule has 1 aliphatic heterocycles. The second-order valence-electron chi connectivity index (χ2n) is 8.05. The second kappa shape index (κ2) is 10.5. The maximum absolute atomic E-state index is 12.8. The highest BCUT2D eigenvalue weighted by molar-refractivity contribution is 7.99. The normalized spacial score (nSPS) is 15.0. The number of rotatable bonds is 7. The monoisotopic (exact) mass is 425 g/mol. The van der Waals surface area contributed by atoms with Crippen LogP contribution in [-0.4, -0.2) is 42.5 Å². The number of nitrogens with one attached hydrogen (secondary N) is 2. The highest BCUT2D eigenvalue weighted by Crippen LogP contribution is 2.20. The molecule has 1 atom stereocenters. The quantitative estimate of drug-likeness (QED) is 0.711. The van der Waals surface area contributed by atoms with Crippen molar-refractivity contribution in [2.45, 2.75) is 33.4 Å². The molecule has 0 radical (unpaired) electrons. The van der Waals surface area contributed by atoms with Crippen LogP contribution in [0.15, 0.2) is 48.5 Å². The van der Waals surface area contributed by atoms with Gasteiger partial charge in [-0.05, 0) is 42.7 Å². The van der Waals surface area contributed by atoms with Crippen molar-refractivity contribution >= 4 is 29.3 Å². The number of benzene rings is 2. The Morgan fingerprint density at radius 1 is 1.07 bits per heavy atom. The van der Waals surface area contributed by atoms with Gasteiger partial charge in [-0.3, -0.25) is 9.59 Å². The molecule has 2 aromatic carbocycles. The van der Waals surface area contributed by atoms with Crippen LogP contribution in [0.5, 0.6) is 0 Å². The molecule has 2 N–H and O–H groups in total. The summed E-state index contributed by atoms with van der Waals surface area (Å²) >= 11 is 2.00. The molecule has 160 valence electrons. The van der Waals surface area contributed by atoms with Gasteiger partial charge in [0, 0.05) is 42.4 Å². The molecular weight excluding hydrogens is 394 g/mol. The number of nitrogens with zero attached hydrogens (tertiary/aromatic N) is 1. The lowest BCUT2D eigenvalue weighted by molar-refractivity contribution is -0.124. The van der Waals surface area contributed by atoms with E-state index in [2.05, 4.69) is 39.8 Å². The number of aryl methyl sites for hydroxylation is 1. The van der Waals surface area contributed by atoms with Gasteiger partial charge >= 0.3 is 0 Å². The zero-order chi connectivity index (χ0) is 21.5. The van der Waals surface area contributed by atoms with E-state index >= 15 is 0 Å². The highest BCUT2D eigenvalue weighted by Gasteiger charge is 2.24. The van der Waals surface area contributed by atoms with Crippen molar-refractivity contribution in [3.63, 3.8) is 0 Å². The molecule has 1 aliphatic rings. The predicted molar refractivity (Wildman–Crippen MR) is 125 cm³/mol. The number of hydrogen-bond acceptors (Lipinski definition) is 4. The zero-order valence-electron chi connectivity index (χ0n) is 18.0. The fraction of sp³-hybridized carbons (Fsp3) is 0.417. The molecule has 3 rings (SSSR count). The maximum Gasteiger partial charge on any atom is 0.251 e. The first-order valence-corrected chi connectivity index (χ1v) is 11.7. The first-order valence-electron chi connectivity index (χ1n) is 10.5. The van der Waals surface area contributed by atoms with Gasteiger partial charge in [0.25, 0.3) is 5.91 Å². The summed E-state index contributed by atoms with van der Waals surface area (Å²) < 4.78 is 0. The number of carbonyl (C=O) groups is 2. The number of amides is 2. The van der Waals surface area contributed by atoms with Gasteiger partial charge in [0.05, 0.1) is 0 Å². The first kappa shape index (κ1) is 22.2. The van der Waals surface area contributed by atoms with Gasteiger partial charge < -0.3 is 15.5 Å². The third-order valence-corrected chi connectivity index (χ3v) is 6.24. The van der Waals surface area contributed by atoms with Crippen LogP contribution < -0.4 is 15.5 Å². The van der Waals surface area contributed by atoms with Gasteiger partial charge in [0.2, 0.25) is 5.91 Å². The van der Waals surface area contributed by atoms with Crippen LogP contribution in [0.1, 0.15) is 35.3 Å². The molecule has 1 fully saturated rings. The molecule has 6 heteroatoms. The lowest BCUT2D eigenvalue weighted by atomic mass is 10.0. The molecule has 2 amide bonds. The molecule has 2 aromatic rings. The molecule has 0 spiro atoms. The molecule has 5 nitrogen and oxygen atoms in total. The minimum Gasteiger partial charge on any atom is -0.370 e. The molecule has 0 aliphatic carbocycles. The fourth-order valence-electron chi connectivity index (χ4n) is 3.49. The molecule has 0 bridgehead atoms. The van der Waals surface area contributed by atoms with E-state index in [-0.39, 0.29) is 17.7 Å². The van der Waals surface area contributed by atoms with Crippen LogP contribution in [0, 0.1) is 12.8 Å². The predicted octanol–water partition coefficient (Wildman–Crippen LogP) is 3.62. The summed E-state index contributed by atoms with van der Waals surface area (Å²) in [5, 5.41) is 5.87. The van der Waals surface area contributed by atoms with Crippen LogP contribution in [0.4, 0.5) is 5.69 Å². The zero-order valence-corrected chi connectivity index (χ0v) is 18.8. The summed E-state index contributed by atoms with van der Waals surface area (Å²) in [6.07, 6.45) is 0. The van der Waals surface area contributed by atoms with E-state index in [4.69, 9.17) is 0 Å². The smallest absolute Gasteiger partial charge is 0.251 e. The van der Waals surface area contributed by atoms with Crippen LogP contribution in [-0.2, 0) is 11.3 Å². The van der Waals surface area contributed by atoms with E-state index in [1.165, 1.54) is 17.2 Å². The van der Waals surface area contributed by atoms with Crippen LogP contribution >= 0.6 is 11.8 Å². The SMILES string of the molecule is Cc1cccc(C(=O)NC(C(=O)NCc2ccc(N3CCSCC3)cc2)C(C)C)c1. The maximum atomic E-state index is 12.8. The molecule has 0 aromatic heterocycles. The lowest BCUT2D eigenvalue weighted by Crippen LogP contribution is -2.49. The van der Waals surface area contributed by atoms with Gasteiger partial charge in [-0.2, -0.15) is 11.8 Å². The third-order valence-electron chi connectivity index (χ3n) is 5.30. The van der Waals surface area contributed by atoms with Crippen molar-refractivity contribution in [2.24, 2.45) is 5.92 Å². The minimum atomic E-state index is -0.580. The van der Waals surface area contributed by atoms with Gasteiger partial charge in [0.15, 0.2) is 0 Å². The summed E-state index contributed by atoms with van der Waals surface area (Å²) in [6, 6.07) is 15.2. The van der Waals surface area contributed by atoms with E-state index in [0.29, 0.717) is 12.1 Å². The third kappa shape index (κ3) is 6.02. The topological polar surface area (TPSA) is 61.4 Å². The fourth-order valence-corrected chi connectivity index (χ4v) is 4.39. The number of anilines is 1. The Bertz CT molecular complexity index is 861. The summed E-state index contributed by atoms with van der Waals surface area (Å²) in [6.45, 7) is 8.42. The van der Waals surface area contributed by atoms with Crippen molar-refractivity contribution in [3.8, 4) is 0 Å². The van der Waals surface area contributed by atoms with Gasteiger partial charge in [-0.15, -0.1) is 0 Å². The Hall–Kier alpha value is -2.47. The summed E-state index contributed by atoms with van der Waals surface area (Å²) in [5.41, 5.74) is 3.86. The van der Waals surface area contributed by atoms with Crippen molar-refractivity contribution in [1.82, 2.24) is 10.6 Å². The molecule has 30 heavy (non-hydrogen) atoms. The van der Waals surface area contributed by atoms with Crippen molar-refractivity contribution in [2.75, 3.05) is 29.5 Å². The summed E-state index contributed by atoms with van der Waals surface area (Å²) in [7, 11) is 0.